The Morgan fingerprint density at radius 1 is 1.42 bits per heavy atom. The van der Waals surface area contributed by atoms with Crippen LogP contribution >= 0.6 is 23.4 Å². The van der Waals surface area contributed by atoms with Crippen molar-refractivity contribution in [3.63, 3.8) is 0 Å². The monoisotopic (exact) mass is 401 g/mol. The average molecular weight is 402 g/mol. The van der Waals surface area contributed by atoms with Gasteiger partial charge < -0.3 is 19.6 Å². The zero-order valence-corrected chi connectivity index (χ0v) is 16.2. The molecule has 0 bridgehead atoms. The number of hydrogen-bond donors (Lipinski definition) is 1. The highest BCUT2D eigenvalue weighted by Crippen LogP contribution is 2.36. The fraction of sp³-hybridized carbons (Fsp3) is 0.667. The van der Waals surface area contributed by atoms with Gasteiger partial charge in [-0.1, -0.05) is 30.3 Å². The third kappa shape index (κ3) is 4.35. The summed E-state index contributed by atoms with van der Waals surface area (Å²) in [4.78, 5) is 22.6. The lowest BCUT2D eigenvalue weighted by Gasteiger charge is -2.22. The second kappa shape index (κ2) is 9.32. The van der Waals surface area contributed by atoms with Crippen LogP contribution < -0.4 is 5.32 Å². The van der Waals surface area contributed by atoms with E-state index in [0.717, 1.165) is 12.2 Å². The fourth-order valence-corrected chi connectivity index (χ4v) is 3.92. The third-order valence-electron chi connectivity index (χ3n) is 4.07. The van der Waals surface area contributed by atoms with Crippen LogP contribution in [0.2, 0.25) is 5.15 Å². The van der Waals surface area contributed by atoms with Gasteiger partial charge in [0.2, 0.25) is 11.0 Å². The summed E-state index contributed by atoms with van der Waals surface area (Å²) in [6, 6.07) is -0.787. The van der Waals surface area contributed by atoms with Crippen molar-refractivity contribution in [2.75, 3.05) is 25.3 Å². The van der Waals surface area contributed by atoms with Crippen LogP contribution in [-0.2, 0) is 9.47 Å². The Hall–Kier alpha value is -1.67. The van der Waals surface area contributed by atoms with Gasteiger partial charge in [-0.15, -0.1) is 0 Å². The van der Waals surface area contributed by atoms with Crippen molar-refractivity contribution in [1.29, 1.82) is 0 Å². The Labute approximate surface area is 160 Å². The molecule has 4 atom stereocenters. The first-order chi connectivity index (χ1) is 12.5. The largest absolute Gasteiger partial charge is 0.376 e. The molecule has 9 nitrogen and oxygen atoms in total. The quantitative estimate of drug-likeness (QED) is 0.177. The van der Waals surface area contributed by atoms with Gasteiger partial charge in [0.05, 0.1) is 11.0 Å². The molecule has 1 saturated carbocycles. The number of thioether (sulfide) groups is 1. The summed E-state index contributed by atoms with van der Waals surface area (Å²) in [5.41, 5.74) is -0.386. The maximum absolute atomic E-state index is 11.4. The lowest BCUT2D eigenvalue weighted by atomic mass is 10.2. The average Bonchev–Trinajstić information content (AvgIpc) is 2.95. The molecule has 1 aliphatic carbocycles. The molecule has 1 fully saturated rings. The van der Waals surface area contributed by atoms with Crippen LogP contribution in [-0.4, -0.2) is 59.2 Å². The Balaban J connectivity index is 2.36. The molecule has 0 spiro atoms. The Morgan fingerprint density at radius 2 is 2.12 bits per heavy atom. The number of rotatable bonds is 8. The fourth-order valence-electron chi connectivity index (χ4n) is 2.94. The van der Waals surface area contributed by atoms with E-state index < -0.39 is 23.2 Å². The molecule has 0 aliphatic heterocycles. The summed E-state index contributed by atoms with van der Waals surface area (Å²) in [5.74, 6) is 0.796. The molecule has 1 aromatic rings. The zero-order valence-electron chi connectivity index (χ0n) is 14.6. The van der Waals surface area contributed by atoms with Gasteiger partial charge in [-0.3, -0.25) is 10.1 Å². The summed E-state index contributed by atoms with van der Waals surface area (Å²) < 4.78 is 10.9. The van der Waals surface area contributed by atoms with Crippen molar-refractivity contribution in [3.8, 4) is 0 Å². The highest BCUT2D eigenvalue weighted by molar-refractivity contribution is 7.99. The van der Waals surface area contributed by atoms with Crippen LogP contribution in [0.5, 0.6) is 0 Å². The predicted molar refractivity (Wildman–Crippen MR) is 98.7 cm³/mol. The first-order valence-electron chi connectivity index (χ1n) is 8.00. The molecular weight excluding hydrogens is 382 g/mol. The lowest BCUT2D eigenvalue weighted by molar-refractivity contribution is -0.384. The van der Waals surface area contributed by atoms with Crippen molar-refractivity contribution in [2.45, 2.75) is 49.2 Å². The molecule has 1 aliphatic rings. The first kappa shape index (κ1) is 20.6. The topological polar surface area (TPSA) is 104 Å². The molecule has 1 N–H and O–H groups in total. The third-order valence-corrected chi connectivity index (χ3v) is 5.38. The number of halogens is 1. The number of hydrogen-bond acceptors (Lipinski definition) is 8. The number of nitro groups is 1. The standard InChI is InChI=1S/C15H20ClN5O4S/c1-5-6-26-15-19-13(16)10(21(22)23)14(20-15)18-9-7-8(17-2)11(24-3)12(9)25-4/h8-9,11-12H,5-7H2,1,3-4H3,(H,18,19,20)/t8-,9+,11+,12-/m0/s1. The van der Waals surface area contributed by atoms with Crippen LogP contribution in [0.3, 0.4) is 0 Å². The van der Waals surface area contributed by atoms with E-state index in [1.807, 2.05) is 6.92 Å². The molecule has 0 aromatic carbocycles. The number of anilines is 1. The molecule has 1 aromatic heterocycles. The molecule has 2 rings (SSSR count). The maximum Gasteiger partial charge on any atom is 0.348 e. The van der Waals surface area contributed by atoms with Crippen molar-refractivity contribution >= 4 is 34.9 Å². The highest BCUT2D eigenvalue weighted by Gasteiger charge is 2.49. The molecular formula is C15H20ClN5O4S. The van der Waals surface area contributed by atoms with Gasteiger partial charge in [0.15, 0.2) is 11.3 Å². The van der Waals surface area contributed by atoms with Crippen LogP contribution in [0.1, 0.15) is 19.8 Å². The van der Waals surface area contributed by atoms with Crippen LogP contribution in [0.15, 0.2) is 5.16 Å². The minimum absolute atomic E-state index is 0.0288. The van der Waals surface area contributed by atoms with E-state index in [2.05, 4.69) is 20.1 Å². The Bertz CT molecular complexity index is 701. The summed E-state index contributed by atoms with van der Waals surface area (Å²) in [6.07, 6.45) is 0.443. The Morgan fingerprint density at radius 3 is 2.65 bits per heavy atom. The number of ether oxygens (including phenoxy) is 2. The van der Waals surface area contributed by atoms with Crippen molar-refractivity contribution < 1.29 is 14.4 Å². The second-order valence-electron chi connectivity index (χ2n) is 5.68. The summed E-state index contributed by atoms with van der Waals surface area (Å²) in [5, 5.41) is 14.6. The molecule has 0 unspecified atom stereocenters. The molecule has 0 amide bonds. The van der Waals surface area contributed by atoms with Gasteiger partial charge in [-0.25, -0.2) is 11.6 Å². The Kier molecular flexibility index (Phi) is 7.40. The van der Waals surface area contributed by atoms with Crippen molar-refractivity contribution in [2.24, 2.45) is 0 Å². The summed E-state index contributed by atoms with van der Waals surface area (Å²) in [7, 11) is 3.03. The molecule has 0 saturated heterocycles. The summed E-state index contributed by atoms with van der Waals surface area (Å²) in [6.45, 7) is 9.34. The molecule has 26 heavy (non-hydrogen) atoms. The molecule has 11 heteroatoms. The van der Waals surface area contributed by atoms with Crippen LogP contribution in [0, 0.1) is 16.7 Å². The summed E-state index contributed by atoms with van der Waals surface area (Å²) >= 11 is 7.40. The number of methoxy groups -OCH3 is 2. The van der Waals surface area contributed by atoms with Crippen molar-refractivity contribution in [1.82, 2.24) is 9.97 Å². The smallest absolute Gasteiger partial charge is 0.348 e. The molecule has 0 radical (unpaired) electrons. The highest BCUT2D eigenvalue weighted by atomic mass is 35.5. The van der Waals surface area contributed by atoms with Crippen LogP contribution in [0.4, 0.5) is 11.5 Å². The minimum Gasteiger partial charge on any atom is -0.376 e. The van der Waals surface area contributed by atoms with E-state index in [9.17, 15) is 10.1 Å². The van der Waals surface area contributed by atoms with Crippen molar-refractivity contribution in [3.05, 3.63) is 26.7 Å². The van der Waals surface area contributed by atoms with Gasteiger partial charge in [0.25, 0.3) is 6.04 Å². The van der Waals surface area contributed by atoms with E-state index in [0.29, 0.717) is 11.6 Å². The molecule has 1 heterocycles. The van der Waals surface area contributed by atoms with Gasteiger partial charge in [0, 0.05) is 26.4 Å². The van der Waals surface area contributed by atoms with E-state index in [-0.39, 0.29) is 22.7 Å². The van der Waals surface area contributed by atoms with Gasteiger partial charge >= 0.3 is 5.69 Å². The predicted octanol–water partition coefficient (Wildman–Crippen LogP) is 3.04. The van der Waals surface area contributed by atoms with Gasteiger partial charge in [-0.2, -0.15) is 4.98 Å². The lowest BCUT2D eigenvalue weighted by Crippen LogP contribution is -2.38. The van der Waals surface area contributed by atoms with Gasteiger partial charge in [-0.05, 0) is 6.42 Å². The van der Waals surface area contributed by atoms with E-state index in [1.54, 1.807) is 0 Å². The SMILES string of the molecule is [C-]#[N+][C@H]1C[C@@H](Nc2nc(SCCC)nc(Cl)c2[N+](=O)[O-])[C@H](OC)[C@@H]1OC. The number of nitrogens with zero attached hydrogens (tertiary/aromatic N) is 4. The normalized spacial score (nSPS) is 25.0. The second-order valence-corrected chi connectivity index (χ2v) is 7.10. The first-order valence-corrected chi connectivity index (χ1v) is 9.36. The van der Waals surface area contributed by atoms with E-state index >= 15 is 0 Å². The van der Waals surface area contributed by atoms with Gasteiger partial charge in [0.1, 0.15) is 6.10 Å². The van der Waals surface area contributed by atoms with Crippen LogP contribution in [0.25, 0.3) is 4.85 Å². The maximum atomic E-state index is 11.4. The van der Waals surface area contributed by atoms with E-state index in [4.69, 9.17) is 27.6 Å². The zero-order chi connectivity index (χ0) is 19.3. The van der Waals surface area contributed by atoms with E-state index in [1.165, 1.54) is 26.0 Å². The minimum atomic E-state index is -0.615. The number of aromatic nitrogens is 2. The molecule has 142 valence electrons. The number of nitrogens with one attached hydrogen (secondary N) is 1.